The third kappa shape index (κ3) is 3.21. The van der Waals surface area contributed by atoms with E-state index in [1.165, 1.54) is 11.1 Å². The number of nitrogens with zero attached hydrogens (tertiary/aromatic N) is 2. The van der Waals surface area contributed by atoms with Gasteiger partial charge < -0.3 is 9.72 Å². The van der Waals surface area contributed by atoms with E-state index >= 15 is 0 Å². The number of methoxy groups -OCH3 is 1. The molecule has 0 radical (unpaired) electrons. The summed E-state index contributed by atoms with van der Waals surface area (Å²) in [7, 11) is 1.71. The monoisotopic (exact) mass is 339 g/mol. The van der Waals surface area contributed by atoms with E-state index in [1.807, 2.05) is 0 Å². The molecule has 132 valence electrons. The van der Waals surface area contributed by atoms with Crippen LogP contribution in [0.4, 0.5) is 0 Å². The van der Waals surface area contributed by atoms with Gasteiger partial charge in [0.05, 0.1) is 18.4 Å². The first-order chi connectivity index (χ1) is 12.0. The van der Waals surface area contributed by atoms with Gasteiger partial charge in [0.1, 0.15) is 11.6 Å². The first kappa shape index (κ1) is 16.3. The lowest BCUT2D eigenvalue weighted by atomic mass is 10.0. The lowest BCUT2D eigenvalue weighted by molar-refractivity contribution is 0.241. The van der Waals surface area contributed by atoms with Crippen LogP contribution in [0.5, 0.6) is 5.75 Å². The zero-order valence-corrected chi connectivity index (χ0v) is 15.2. The zero-order valence-electron chi connectivity index (χ0n) is 15.2. The molecule has 4 rings (SSSR count). The second-order valence-electron chi connectivity index (χ2n) is 7.36. The van der Waals surface area contributed by atoms with Crippen molar-refractivity contribution in [1.29, 1.82) is 0 Å². The van der Waals surface area contributed by atoms with Crippen molar-refractivity contribution in [2.45, 2.75) is 52.1 Å². The zero-order chi connectivity index (χ0) is 17.6. The molecule has 2 aromatic rings. The van der Waals surface area contributed by atoms with E-state index in [-0.39, 0.29) is 5.56 Å². The minimum absolute atomic E-state index is 0.0548. The van der Waals surface area contributed by atoms with Crippen LogP contribution in [0.25, 0.3) is 0 Å². The van der Waals surface area contributed by atoms with Crippen molar-refractivity contribution < 1.29 is 4.74 Å². The first-order valence-corrected chi connectivity index (χ1v) is 9.03. The molecule has 1 N–H and O–H groups in total. The van der Waals surface area contributed by atoms with E-state index in [2.05, 4.69) is 35.9 Å². The average molecular weight is 339 g/mol. The fraction of sp³-hybridized carbons (Fsp3) is 0.500. The Balaban J connectivity index is 1.55. The van der Waals surface area contributed by atoms with Crippen LogP contribution in [0.2, 0.25) is 0 Å². The van der Waals surface area contributed by atoms with Crippen LogP contribution < -0.4 is 10.3 Å². The fourth-order valence-corrected chi connectivity index (χ4v) is 3.67. The molecule has 0 amide bonds. The number of aromatic nitrogens is 2. The highest BCUT2D eigenvalue weighted by atomic mass is 16.5. The molecule has 5 heteroatoms. The molecule has 0 spiro atoms. The summed E-state index contributed by atoms with van der Waals surface area (Å²) in [4.78, 5) is 22.6. The van der Waals surface area contributed by atoms with Crippen LogP contribution in [0.3, 0.4) is 0 Å². The summed E-state index contributed by atoms with van der Waals surface area (Å²) < 4.78 is 5.40. The molecule has 2 heterocycles. The van der Waals surface area contributed by atoms with Crippen molar-refractivity contribution in [2.24, 2.45) is 0 Å². The molecule has 0 atom stereocenters. The molecule has 25 heavy (non-hydrogen) atoms. The van der Waals surface area contributed by atoms with Crippen LogP contribution in [0.15, 0.2) is 16.9 Å². The number of hydrogen-bond donors (Lipinski definition) is 1. The van der Waals surface area contributed by atoms with Gasteiger partial charge in [-0.15, -0.1) is 0 Å². The Morgan fingerprint density at radius 2 is 2.08 bits per heavy atom. The Bertz CT molecular complexity index is 868. The predicted octanol–water partition coefficient (Wildman–Crippen LogP) is 2.83. The number of ether oxygens (including phenoxy) is 1. The molecule has 1 saturated carbocycles. The minimum Gasteiger partial charge on any atom is -0.496 e. The number of aromatic amines is 1. The summed E-state index contributed by atoms with van der Waals surface area (Å²) in [6, 6.07) is 4.29. The van der Waals surface area contributed by atoms with Gasteiger partial charge in [-0.3, -0.25) is 9.69 Å². The lowest BCUT2D eigenvalue weighted by Gasteiger charge is -2.28. The summed E-state index contributed by atoms with van der Waals surface area (Å²) in [6.07, 6.45) is 3.17. The van der Waals surface area contributed by atoms with Gasteiger partial charge in [-0.25, -0.2) is 4.98 Å². The molecule has 1 aromatic heterocycles. The quantitative estimate of drug-likeness (QED) is 0.930. The predicted molar refractivity (Wildman–Crippen MR) is 97.1 cm³/mol. The van der Waals surface area contributed by atoms with Gasteiger partial charge in [-0.1, -0.05) is 6.07 Å². The highest BCUT2D eigenvalue weighted by Gasteiger charge is 2.29. The van der Waals surface area contributed by atoms with Crippen molar-refractivity contribution in [1.82, 2.24) is 14.9 Å². The van der Waals surface area contributed by atoms with Crippen molar-refractivity contribution in [2.75, 3.05) is 13.7 Å². The Morgan fingerprint density at radius 3 is 2.80 bits per heavy atom. The standard InChI is InChI=1S/C20H25N3O2/c1-12-9-18(25-3)13(2)8-15(12)10-23-7-6-17-16(11-23)20(24)22-19(21-17)14-4-5-14/h8-9,14H,4-7,10-11H2,1-3H3,(H,21,22,24). The number of benzene rings is 1. The summed E-state index contributed by atoms with van der Waals surface area (Å²) >= 11 is 0. The van der Waals surface area contributed by atoms with Gasteiger partial charge in [-0.2, -0.15) is 0 Å². The van der Waals surface area contributed by atoms with E-state index in [9.17, 15) is 4.79 Å². The van der Waals surface area contributed by atoms with Gasteiger partial charge in [0.25, 0.3) is 5.56 Å². The molecule has 1 aliphatic carbocycles. The molecule has 2 aliphatic rings. The Morgan fingerprint density at radius 1 is 1.28 bits per heavy atom. The molecule has 0 saturated heterocycles. The van der Waals surface area contributed by atoms with Crippen molar-refractivity contribution in [3.05, 3.63) is 56.3 Å². The van der Waals surface area contributed by atoms with Crippen molar-refractivity contribution >= 4 is 0 Å². The second kappa shape index (κ2) is 6.30. The highest BCUT2D eigenvalue weighted by molar-refractivity contribution is 5.41. The number of rotatable bonds is 4. The van der Waals surface area contributed by atoms with Gasteiger partial charge >= 0.3 is 0 Å². The van der Waals surface area contributed by atoms with Gasteiger partial charge in [0, 0.05) is 32.0 Å². The normalized spacial score (nSPS) is 17.4. The third-order valence-corrected chi connectivity index (χ3v) is 5.38. The van der Waals surface area contributed by atoms with Crippen LogP contribution in [-0.2, 0) is 19.5 Å². The summed E-state index contributed by atoms with van der Waals surface area (Å²) in [5.74, 6) is 2.32. The second-order valence-corrected chi connectivity index (χ2v) is 7.36. The van der Waals surface area contributed by atoms with Crippen LogP contribution in [0.1, 0.15) is 52.5 Å². The molecular formula is C20H25N3O2. The topological polar surface area (TPSA) is 58.2 Å². The van der Waals surface area contributed by atoms with E-state index < -0.39 is 0 Å². The summed E-state index contributed by atoms with van der Waals surface area (Å²) in [6.45, 7) is 6.65. The Kier molecular flexibility index (Phi) is 4.12. The average Bonchev–Trinajstić information content (AvgIpc) is 3.43. The van der Waals surface area contributed by atoms with Gasteiger partial charge in [0.15, 0.2) is 0 Å². The van der Waals surface area contributed by atoms with E-state index in [1.54, 1.807) is 7.11 Å². The summed E-state index contributed by atoms with van der Waals surface area (Å²) in [5, 5.41) is 0. The number of hydrogen-bond acceptors (Lipinski definition) is 4. The molecule has 0 unspecified atom stereocenters. The Labute approximate surface area is 148 Å². The number of nitrogens with one attached hydrogen (secondary N) is 1. The first-order valence-electron chi connectivity index (χ1n) is 9.03. The smallest absolute Gasteiger partial charge is 0.255 e. The number of aryl methyl sites for hydroxylation is 2. The highest BCUT2D eigenvalue weighted by Crippen LogP contribution is 2.37. The van der Waals surface area contributed by atoms with Crippen LogP contribution in [0, 0.1) is 13.8 Å². The maximum absolute atomic E-state index is 12.5. The largest absolute Gasteiger partial charge is 0.496 e. The molecular weight excluding hydrogens is 314 g/mol. The van der Waals surface area contributed by atoms with E-state index in [0.29, 0.717) is 12.5 Å². The molecule has 1 fully saturated rings. The third-order valence-electron chi connectivity index (χ3n) is 5.38. The summed E-state index contributed by atoms with van der Waals surface area (Å²) in [5.41, 5.74) is 5.57. The van der Waals surface area contributed by atoms with Crippen molar-refractivity contribution in [3.63, 3.8) is 0 Å². The lowest BCUT2D eigenvalue weighted by Crippen LogP contribution is -2.36. The maximum atomic E-state index is 12.5. The fourth-order valence-electron chi connectivity index (χ4n) is 3.67. The molecule has 0 bridgehead atoms. The number of H-pyrrole nitrogens is 1. The minimum atomic E-state index is 0.0548. The van der Waals surface area contributed by atoms with Crippen LogP contribution >= 0.6 is 0 Å². The molecule has 5 nitrogen and oxygen atoms in total. The molecule has 1 aromatic carbocycles. The van der Waals surface area contributed by atoms with Crippen LogP contribution in [-0.4, -0.2) is 28.5 Å². The SMILES string of the molecule is COc1cc(C)c(CN2CCc3nc(C4CC4)[nH]c(=O)c3C2)cc1C. The van der Waals surface area contributed by atoms with Gasteiger partial charge in [0.2, 0.25) is 0 Å². The molecule has 1 aliphatic heterocycles. The van der Waals surface area contributed by atoms with E-state index in [0.717, 1.165) is 60.7 Å². The van der Waals surface area contributed by atoms with E-state index in [4.69, 9.17) is 9.72 Å². The number of fused-ring (bicyclic) bond motifs is 1. The maximum Gasteiger partial charge on any atom is 0.255 e. The Hall–Kier alpha value is -2.14. The van der Waals surface area contributed by atoms with Crippen molar-refractivity contribution in [3.8, 4) is 5.75 Å². The van der Waals surface area contributed by atoms with Gasteiger partial charge in [-0.05, 0) is 49.4 Å².